The van der Waals surface area contributed by atoms with Gasteiger partial charge in [0.15, 0.2) is 0 Å². The summed E-state index contributed by atoms with van der Waals surface area (Å²) >= 11 is 5.72. The average Bonchev–Trinajstić information content (AvgIpc) is 2.35. The van der Waals surface area contributed by atoms with Crippen LogP contribution in [0.1, 0.15) is 5.56 Å². The minimum absolute atomic E-state index is 0.0220. The fourth-order valence-corrected chi connectivity index (χ4v) is 1.41. The first-order chi connectivity index (χ1) is 8.91. The number of rotatable bonds is 5. The Morgan fingerprint density at radius 1 is 1.47 bits per heavy atom. The number of aliphatic hydroxyl groups excluding tert-OH is 1. The van der Waals surface area contributed by atoms with Crippen molar-refractivity contribution in [3.05, 3.63) is 40.7 Å². The number of carbonyl (C=O) groups is 1. The van der Waals surface area contributed by atoms with Crippen LogP contribution in [0.25, 0.3) is 6.08 Å². The smallest absolute Gasteiger partial charge is 0.265 e. The van der Waals surface area contributed by atoms with Gasteiger partial charge in [-0.05, 0) is 18.2 Å². The quantitative estimate of drug-likeness (QED) is 0.818. The van der Waals surface area contributed by atoms with E-state index in [0.717, 1.165) is 12.2 Å². The number of nitrogens with one attached hydrogen (secondary N) is 1. The van der Waals surface area contributed by atoms with Crippen LogP contribution in [-0.4, -0.2) is 30.1 Å². The Labute approximate surface area is 112 Å². The Morgan fingerprint density at radius 2 is 2.16 bits per heavy atom. The average molecular weight is 294 g/mol. The maximum absolute atomic E-state index is 13.3. The molecule has 0 saturated carbocycles. The van der Waals surface area contributed by atoms with E-state index in [1.54, 1.807) is 0 Å². The largest absolute Gasteiger partial charge is 0.385 e. The molecule has 19 heavy (non-hydrogen) atoms. The second-order valence-electron chi connectivity index (χ2n) is 3.62. The van der Waals surface area contributed by atoms with Crippen molar-refractivity contribution in [2.45, 2.75) is 12.5 Å². The first-order valence-corrected chi connectivity index (χ1v) is 5.65. The second-order valence-corrected chi connectivity index (χ2v) is 4.02. The van der Waals surface area contributed by atoms with Gasteiger partial charge in [0, 0.05) is 18.2 Å². The maximum Gasteiger partial charge on any atom is 0.265 e. The van der Waals surface area contributed by atoms with Crippen molar-refractivity contribution >= 4 is 23.6 Å². The van der Waals surface area contributed by atoms with Crippen LogP contribution in [0.15, 0.2) is 24.3 Å². The Bertz CT molecular complexity index is 460. The fourth-order valence-electron chi connectivity index (χ4n) is 1.18. The van der Waals surface area contributed by atoms with Crippen LogP contribution in [0.3, 0.4) is 0 Å². The van der Waals surface area contributed by atoms with Gasteiger partial charge < -0.3 is 10.4 Å². The van der Waals surface area contributed by atoms with Gasteiger partial charge in [0.1, 0.15) is 11.9 Å². The van der Waals surface area contributed by atoms with Gasteiger partial charge in [-0.25, -0.2) is 13.2 Å². The van der Waals surface area contributed by atoms with Gasteiger partial charge in [0.2, 0.25) is 5.91 Å². The molecular formula is C12H11ClF3NO2. The number of hydrogen-bond acceptors (Lipinski definition) is 2. The van der Waals surface area contributed by atoms with E-state index < -0.39 is 30.8 Å². The second kappa shape index (κ2) is 7.16. The molecule has 1 atom stereocenters. The van der Waals surface area contributed by atoms with Crippen LogP contribution in [-0.2, 0) is 4.79 Å². The third-order valence-electron chi connectivity index (χ3n) is 2.18. The van der Waals surface area contributed by atoms with Gasteiger partial charge in [-0.1, -0.05) is 17.7 Å². The molecule has 0 spiro atoms. The summed E-state index contributed by atoms with van der Waals surface area (Å²) in [6.45, 7) is -0.591. The number of carbonyl (C=O) groups excluding carboxylic acids is 1. The summed E-state index contributed by atoms with van der Waals surface area (Å²) in [7, 11) is 0. The molecule has 2 N–H and O–H groups in total. The SMILES string of the molecule is O=C(/C=C/c1c(F)cccc1Cl)NCC(O)C(F)F. The van der Waals surface area contributed by atoms with Crippen LogP contribution < -0.4 is 5.32 Å². The van der Waals surface area contributed by atoms with Crippen molar-refractivity contribution < 1.29 is 23.1 Å². The van der Waals surface area contributed by atoms with Crippen molar-refractivity contribution in [1.29, 1.82) is 0 Å². The normalized spacial score (nSPS) is 12.9. The summed E-state index contributed by atoms with van der Waals surface area (Å²) in [5.41, 5.74) is 0.0220. The molecule has 0 fully saturated rings. The summed E-state index contributed by atoms with van der Waals surface area (Å²) in [5, 5.41) is 11.0. The summed E-state index contributed by atoms with van der Waals surface area (Å²) in [6, 6.07) is 4.03. The van der Waals surface area contributed by atoms with E-state index in [1.807, 2.05) is 0 Å². The van der Waals surface area contributed by atoms with E-state index in [2.05, 4.69) is 5.32 Å². The van der Waals surface area contributed by atoms with Crippen molar-refractivity contribution in [3.8, 4) is 0 Å². The summed E-state index contributed by atoms with van der Waals surface area (Å²) < 4.78 is 37.2. The van der Waals surface area contributed by atoms with Crippen LogP contribution in [0.2, 0.25) is 5.02 Å². The molecule has 0 aliphatic carbocycles. The molecule has 1 aromatic carbocycles. The number of amides is 1. The van der Waals surface area contributed by atoms with Crippen LogP contribution in [0, 0.1) is 5.82 Å². The lowest BCUT2D eigenvalue weighted by Crippen LogP contribution is -2.34. The monoisotopic (exact) mass is 293 g/mol. The number of aliphatic hydroxyl groups is 1. The third kappa shape index (κ3) is 4.92. The molecule has 0 aromatic heterocycles. The molecule has 1 unspecified atom stereocenters. The highest BCUT2D eigenvalue weighted by molar-refractivity contribution is 6.32. The van der Waals surface area contributed by atoms with E-state index in [0.29, 0.717) is 0 Å². The van der Waals surface area contributed by atoms with Gasteiger partial charge >= 0.3 is 0 Å². The van der Waals surface area contributed by atoms with Crippen LogP contribution in [0.4, 0.5) is 13.2 Å². The van der Waals surface area contributed by atoms with Gasteiger partial charge in [0.25, 0.3) is 6.43 Å². The highest BCUT2D eigenvalue weighted by atomic mass is 35.5. The molecule has 0 radical (unpaired) electrons. The Hall–Kier alpha value is -1.53. The Morgan fingerprint density at radius 3 is 2.74 bits per heavy atom. The standard InChI is InChI=1S/C12H11ClF3NO2/c13-8-2-1-3-9(14)7(8)4-5-11(19)17-6-10(18)12(15)16/h1-5,10,12,18H,6H2,(H,17,19)/b5-4+. The molecule has 1 aromatic rings. The molecule has 0 saturated heterocycles. The van der Waals surface area contributed by atoms with Gasteiger partial charge in [-0.3, -0.25) is 4.79 Å². The van der Waals surface area contributed by atoms with Gasteiger partial charge in [0.05, 0.1) is 5.02 Å². The van der Waals surface area contributed by atoms with Crippen molar-refractivity contribution in [2.75, 3.05) is 6.54 Å². The first-order valence-electron chi connectivity index (χ1n) is 5.28. The van der Waals surface area contributed by atoms with Crippen LogP contribution in [0.5, 0.6) is 0 Å². The molecular weight excluding hydrogens is 283 g/mol. The van der Waals surface area contributed by atoms with Crippen LogP contribution >= 0.6 is 11.6 Å². The molecule has 104 valence electrons. The highest BCUT2D eigenvalue weighted by Gasteiger charge is 2.16. The summed E-state index contributed by atoms with van der Waals surface area (Å²) in [5.74, 6) is -1.34. The molecule has 1 rings (SSSR count). The first kappa shape index (κ1) is 15.5. The summed E-state index contributed by atoms with van der Waals surface area (Å²) in [6.07, 6.45) is -2.80. The minimum Gasteiger partial charge on any atom is -0.385 e. The lowest BCUT2D eigenvalue weighted by molar-refractivity contribution is -0.117. The number of alkyl halides is 2. The summed E-state index contributed by atoms with van der Waals surface area (Å²) in [4.78, 5) is 11.2. The number of benzene rings is 1. The lowest BCUT2D eigenvalue weighted by Gasteiger charge is -2.09. The van der Waals surface area contributed by atoms with Gasteiger partial charge in [-0.2, -0.15) is 0 Å². The number of halogens is 4. The molecule has 0 bridgehead atoms. The highest BCUT2D eigenvalue weighted by Crippen LogP contribution is 2.20. The molecule has 0 aliphatic heterocycles. The molecule has 3 nitrogen and oxygen atoms in total. The zero-order valence-electron chi connectivity index (χ0n) is 9.62. The van der Waals surface area contributed by atoms with E-state index in [-0.39, 0.29) is 10.6 Å². The Kier molecular flexibility index (Phi) is 5.85. The zero-order chi connectivity index (χ0) is 14.4. The van der Waals surface area contributed by atoms with E-state index >= 15 is 0 Å². The third-order valence-corrected chi connectivity index (χ3v) is 2.51. The molecule has 0 aliphatic rings. The van der Waals surface area contributed by atoms with Gasteiger partial charge in [-0.15, -0.1) is 0 Å². The molecule has 7 heteroatoms. The van der Waals surface area contributed by atoms with Crippen molar-refractivity contribution in [2.24, 2.45) is 0 Å². The minimum atomic E-state index is -2.94. The van der Waals surface area contributed by atoms with E-state index in [4.69, 9.17) is 16.7 Å². The van der Waals surface area contributed by atoms with Crippen molar-refractivity contribution in [1.82, 2.24) is 5.32 Å². The fraction of sp³-hybridized carbons (Fsp3) is 0.250. The van der Waals surface area contributed by atoms with E-state index in [9.17, 15) is 18.0 Å². The molecule has 0 heterocycles. The Balaban J connectivity index is 2.59. The predicted octanol–water partition coefficient (Wildman–Crippen LogP) is 2.23. The number of hydrogen-bond donors (Lipinski definition) is 2. The zero-order valence-corrected chi connectivity index (χ0v) is 10.4. The van der Waals surface area contributed by atoms with E-state index in [1.165, 1.54) is 18.2 Å². The topological polar surface area (TPSA) is 49.3 Å². The van der Waals surface area contributed by atoms with Crippen molar-refractivity contribution in [3.63, 3.8) is 0 Å². The lowest BCUT2D eigenvalue weighted by atomic mass is 10.2. The molecule has 1 amide bonds. The predicted molar refractivity (Wildman–Crippen MR) is 65.5 cm³/mol. The maximum atomic E-state index is 13.3.